The number of hydrogen-bond acceptors (Lipinski definition) is 2. The molecular formula is C17H25BrN2. The van der Waals surface area contributed by atoms with E-state index in [2.05, 4.69) is 58.3 Å². The van der Waals surface area contributed by atoms with Crippen LogP contribution in [-0.4, -0.2) is 24.5 Å². The van der Waals surface area contributed by atoms with E-state index in [1.807, 2.05) is 0 Å². The third-order valence-corrected chi connectivity index (χ3v) is 5.29. The van der Waals surface area contributed by atoms with Crippen molar-refractivity contribution in [3.8, 4) is 0 Å². The largest absolute Gasteiger partial charge is 0.310 e. The molecule has 3 heteroatoms. The van der Waals surface area contributed by atoms with Crippen LogP contribution in [0.15, 0.2) is 22.7 Å². The van der Waals surface area contributed by atoms with Crippen molar-refractivity contribution in [1.29, 1.82) is 0 Å². The van der Waals surface area contributed by atoms with Crippen molar-refractivity contribution in [3.63, 3.8) is 0 Å². The van der Waals surface area contributed by atoms with Crippen LogP contribution < -0.4 is 5.32 Å². The van der Waals surface area contributed by atoms with Crippen LogP contribution in [-0.2, 0) is 13.1 Å². The second-order valence-electron chi connectivity index (χ2n) is 6.75. The lowest BCUT2D eigenvalue weighted by atomic mass is 10.1. The first-order chi connectivity index (χ1) is 9.61. The van der Waals surface area contributed by atoms with Gasteiger partial charge in [0.2, 0.25) is 0 Å². The predicted octanol–water partition coefficient (Wildman–Crippen LogP) is 3.79. The van der Waals surface area contributed by atoms with Gasteiger partial charge in [0, 0.05) is 30.1 Å². The average Bonchev–Trinajstić information content (AvgIpc) is 3.30. The van der Waals surface area contributed by atoms with Crippen molar-refractivity contribution in [2.75, 3.05) is 13.6 Å². The first kappa shape index (κ1) is 14.6. The Balaban J connectivity index is 1.52. The Kier molecular flexibility index (Phi) is 4.49. The first-order valence-corrected chi connectivity index (χ1v) is 8.60. The molecule has 0 aliphatic heterocycles. The molecule has 0 radical (unpaired) electrons. The van der Waals surface area contributed by atoms with Gasteiger partial charge < -0.3 is 10.2 Å². The van der Waals surface area contributed by atoms with Crippen LogP contribution >= 0.6 is 15.9 Å². The fourth-order valence-corrected chi connectivity index (χ4v) is 3.34. The minimum atomic E-state index is 0.778. The van der Waals surface area contributed by atoms with Crippen LogP contribution in [0.5, 0.6) is 0 Å². The Bertz CT molecular complexity index is 470. The molecule has 0 bridgehead atoms. The summed E-state index contributed by atoms with van der Waals surface area (Å²) in [4.78, 5) is 2.45. The van der Waals surface area contributed by atoms with Crippen LogP contribution in [0.2, 0.25) is 0 Å². The highest BCUT2D eigenvalue weighted by atomic mass is 79.9. The molecule has 3 rings (SSSR count). The van der Waals surface area contributed by atoms with Gasteiger partial charge in [-0.2, -0.15) is 0 Å². The van der Waals surface area contributed by atoms with E-state index in [1.165, 1.54) is 41.4 Å². The lowest BCUT2D eigenvalue weighted by Crippen LogP contribution is -2.21. The maximum atomic E-state index is 3.74. The summed E-state index contributed by atoms with van der Waals surface area (Å²) in [5, 5.41) is 3.57. The van der Waals surface area contributed by atoms with Gasteiger partial charge in [-0.25, -0.2) is 0 Å². The van der Waals surface area contributed by atoms with Crippen molar-refractivity contribution in [2.24, 2.45) is 11.8 Å². The second kappa shape index (κ2) is 6.17. The average molecular weight is 337 g/mol. The van der Waals surface area contributed by atoms with Crippen molar-refractivity contribution in [1.82, 2.24) is 10.2 Å². The molecule has 2 saturated carbocycles. The van der Waals surface area contributed by atoms with Gasteiger partial charge in [-0.3, -0.25) is 0 Å². The molecule has 2 atom stereocenters. The molecule has 0 heterocycles. The minimum Gasteiger partial charge on any atom is -0.310 e. The quantitative estimate of drug-likeness (QED) is 0.814. The van der Waals surface area contributed by atoms with Gasteiger partial charge in [0.15, 0.2) is 0 Å². The molecule has 20 heavy (non-hydrogen) atoms. The van der Waals surface area contributed by atoms with Crippen LogP contribution in [0.4, 0.5) is 0 Å². The van der Waals surface area contributed by atoms with E-state index < -0.39 is 0 Å². The molecule has 2 aliphatic rings. The van der Waals surface area contributed by atoms with E-state index in [4.69, 9.17) is 0 Å². The van der Waals surface area contributed by atoms with Crippen molar-refractivity contribution >= 4 is 15.9 Å². The van der Waals surface area contributed by atoms with Gasteiger partial charge in [0.1, 0.15) is 0 Å². The second-order valence-corrected chi connectivity index (χ2v) is 7.61. The van der Waals surface area contributed by atoms with Crippen molar-refractivity contribution in [2.45, 2.75) is 45.3 Å². The van der Waals surface area contributed by atoms with Crippen LogP contribution in [0.3, 0.4) is 0 Å². The first-order valence-electron chi connectivity index (χ1n) is 7.81. The summed E-state index contributed by atoms with van der Waals surface area (Å²) in [6.07, 6.45) is 4.12. The Morgan fingerprint density at radius 3 is 2.70 bits per heavy atom. The highest BCUT2D eigenvalue weighted by Gasteiger charge is 2.33. The van der Waals surface area contributed by atoms with Gasteiger partial charge in [-0.05, 0) is 55.3 Å². The summed E-state index contributed by atoms with van der Waals surface area (Å²) in [6.45, 7) is 5.63. The number of nitrogens with one attached hydrogen (secondary N) is 1. The number of halogens is 1. The molecule has 2 fully saturated rings. The zero-order valence-electron chi connectivity index (χ0n) is 12.5. The number of hydrogen-bond donors (Lipinski definition) is 1. The third kappa shape index (κ3) is 4.06. The summed E-state index contributed by atoms with van der Waals surface area (Å²) >= 11 is 3.74. The molecule has 1 aromatic carbocycles. The summed E-state index contributed by atoms with van der Waals surface area (Å²) in [5.41, 5.74) is 2.78. The fraction of sp³-hybridized carbons (Fsp3) is 0.647. The molecule has 0 spiro atoms. The van der Waals surface area contributed by atoms with Gasteiger partial charge in [0.05, 0.1) is 0 Å². The van der Waals surface area contributed by atoms with E-state index in [9.17, 15) is 0 Å². The molecule has 2 aliphatic carbocycles. The summed E-state index contributed by atoms with van der Waals surface area (Å²) in [5.74, 6) is 1.87. The van der Waals surface area contributed by atoms with Crippen LogP contribution in [0.25, 0.3) is 0 Å². The summed E-state index contributed by atoms with van der Waals surface area (Å²) in [7, 11) is 2.24. The van der Waals surface area contributed by atoms with Gasteiger partial charge >= 0.3 is 0 Å². The fourth-order valence-electron chi connectivity index (χ4n) is 2.79. The molecule has 1 aromatic rings. The monoisotopic (exact) mass is 336 g/mol. The van der Waals surface area contributed by atoms with E-state index in [0.717, 1.165) is 31.0 Å². The lowest BCUT2D eigenvalue weighted by molar-refractivity contribution is 0.307. The molecule has 0 saturated heterocycles. The zero-order valence-corrected chi connectivity index (χ0v) is 14.1. The topological polar surface area (TPSA) is 15.3 Å². The highest BCUT2D eigenvalue weighted by molar-refractivity contribution is 9.10. The third-order valence-electron chi connectivity index (χ3n) is 4.55. The number of nitrogens with zero attached hydrogens (tertiary/aromatic N) is 1. The molecule has 1 N–H and O–H groups in total. The van der Waals surface area contributed by atoms with E-state index in [-0.39, 0.29) is 0 Å². The SMILES string of the molecule is CC1CC1CN(C)Cc1ccc(CNC2CC2)cc1Br. The van der Waals surface area contributed by atoms with Crippen molar-refractivity contribution in [3.05, 3.63) is 33.8 Å². The maximum Gasteiger partial charge on any atom is 0.0242 e. The number of rotatable bonds is 7. The lowest BCUT2D eigenvalue weighted by Gasteiger charge is -2.18. The predicted molar refractivity (Wildman–Crippen MR) is 87.6 cm³/mol. The number of benzene rings is 1. The Morgan fingerprint density at radius 2 is 2.10 bits per heavy atom. The molecule has 110 valence electrons. The zero-order chi connectivity index (χ0) is 14.1. The molecule has 2 nitrogen and oxygen atoms in total. The van der Waals surface area contributed by atoms with Gasteiger partial charge in [-0.1, -0.05) is 35.0 Å². The van der Waals surface area contributed by atoms with E-state index in [0.29, 0.717) is 0 Å². The molecular weight excluding hydrogens is 312 g/mol. The summed E-state index contributed by atoms with van der Waals surface area (Å²) < 4.78 is 1.25. The van der Waals surface area contributed by atoms with Crippen molar-refractivity contribution < 1.29 is 0 Å². The Hall–Kier alpha value is -0.380. The van der Waals surface area contributed by atoms with Gasteiger partial charge in [-0.15, -0.1) is 0 Å². The van der Waals surface area contributed by atoms with Crippen LogP contribution in [0.1, 0.15) is 37.3 Å². The Labute approximate surface area is 131 Å². The van der Waals surface area contributed by atoms with E-state index >= 15 is 0 Å². The normalized spacial score (nSPS) is 25.2. The molecule has 2 unspecified atom stereocenters. The minimum absolute atomic E-state index is 0.778. The van der Waals surface area contributed by atoms with Crippen LogP contribution in [0, 0.1) is 11.8 Å². The highest BCUT2D eigenvalue weighted by Crippen LogP contribution is 2.38. The Morgan fingerprint density at radius 1 is 1.35 bits per heavy atom. The van der Waals surface area contributed by atoms with E-state index in [1.54, 1.807) is 0 Å². The maximum absolute atomic E-state index is 3.74. The summed E-state index contributed by atoms with van der Waals surface area (Å²) in [6, 6.07) is 7.60. The standard InChI is InChI=1S/C17H25BrN2/c1-12-7-15(12)11-20(2)10-14-4-3-13(8-17(14)18)9-19-16-5-6-16/h3-4,8,12,15-16,19H,5-7,9-11H2,1-2H3. The molecule has 0 aromatic heterocycles. The van der Waals surface area contributed by atoms with Gasteiger partial charge in [0.25, 0.3) is 0 Å². The smallest absolute Gasteiger partial charge is 0.0242 e. The molecule has 0 amide bonds.